The fourth-order valence-electron chi connectivity index (χ4n) is 2.62. The first-order chi connectivity index (χ1) is 12.2. The van der Waals surface area contributed by atoms with Crippen LogP contribution in [-0.4, -0.2) is 25.7 Å². The third kappa shape index (κ3) is 3.10. The topological polar surface area (TPSA) is 72.7 Å². The normalized spacial score (nSPS) is 10.8. The average molecular weight is 329 g/mol. The Bertz CT molecular complexity index is 1050. The lowest BCUT2D eigenvalue weighted by atomic mass is 10.1. The van der Waals surface area contributed by atoms with E-state index in [0.29, 0.717) is 11.1 Å². The molecule has 1 amide bonds. The Morgan fingerprint density at radius 2 is 1.72 bits per heavy atom. The van der Waals surface area contributed by atoms with Gasteiger partial charge in [0.1, 0.15) is 0 Å². The predicted octanol–water partition coefficient (Wildman–Crippen LogP) is 3.28. The number of nitrogens with one attached hydrogen (secondary N) is 1. The molecule has 0 saturated carbocycles. The number of aromatic nitrogens is 4. The fourth-order valence-corrected chi connectivity index (χ4v) is 2.62. The van der Waals surface area contributed by atoms with E-state index in [9.17, 15) is 4.79 Å². The monoisotopic (exact) mass is 329 g/mol. The maximum atomic E-state index is 12.4. The zero-order valence-electron chi connectivity index (χ0n) is 13.5. The predicted molar refractivity (Wildman–Crippen MR) is 96.1 cm³/mol. The van der Waals surface area contributed by atoms with Gasteiger partial charge in [0.15, 0.2) is 0 Å². The Morgan fingerprint density at radius 3 is 2.44 bits per heavy atom. The molecule has 1 N–H and O–H groups in total. The molecule has 0 fully saturated rings. The second-order valence-electron chi connectivity index (χ2n) is 5.69. The number of fused-ring (bicyclic) bond motifs is 1. The number of benzene rings is 2. The van der Waals surface area contributed by atoms with E-state index in [-0.39, 0.29) is 5.91 Å². The van der Waals surface area contributed by atoms with E-state index >= 15 is 0 Å². The molecule has 4 aromatic rings. The lowest BCUT2D eigenvalue weighted by Crippen LogP contribution is -2.11. The first kappa shape index (κ1) is 15.0. The minimum absolute atomic E-state index is 0.179. The van der Waals surface area contributed by atoms with Crippen molar-refractivity contribution in [1.82, 2.24) is 19.7 Å². The van der Waals surface area contributed by atoms with Crippen LogP contribution in [-0.2, 0) is 7.05 Å². The van der Waals surface area contributed by atoms with Crippen LogP contribution in [0.25, 0.3) is 22.2 Å². The number of amides is 1. The van der Waals surface area contributed by atoms with Crippen LogP contribution in [0.4, 0.5) is 5.69 Å². The molecule has 0 aliphatic heterocycles. The highest BCUT2D eigenvalue weighted by atomic mass is 16.1. The molecular formula is C19H15N5O. The van der Waals surface area contributed by atoms with Crippen LogP contribution in [0.3, 0.4) is 0 Å². The number of hydrogen-bond acceptors (Lipinski definition) is 4. The standard InChI is InChI=1S/C19H15N5O/c1-24-12-15(11-22-24)13-2-5-16(6-3-13)23-19(25)14-4-7-17-18(10-14)21-9-8-20-17/h2-12H,1H3,(H,23,25). The van der Waals surface area contributed by atoms with Gasteiger partial charge in [0.05, 0.1) is 17.2 Å². The van der Waals surface area contributed by atoms with Crippen LogP contribution in [0.1, 0.15) is 10.4 Å². The van der Waals surface area contributed by atoms with Gasteiger partial charge in [-0.05, 0) is 35.9 Å². The summed E-state index contributed by atoms with van der Waals surface area (Å²) in [7, 11) is 1.88. The van der Waals surface area contributed by atoms with E-state index in [1.54, 1.807) is 35.3 Å². The van der Waals surface area contributed by atoms with E-state index in [0.717, 1.165) is 22.3 Å². The average Bonchev–Trinajstić information content (AvgIpc) is 3.08. The van der Waals surface area contributed by atoms with Gasteiger partial charge in [-0.3, -0.25) is 19.4 Å². The summed E-state index contributed by atoms with van der Waals surface area (Å²) in [6.07, 6.45) is 7.00. The maximum Gasteiger partial charge on any atom is 0.255 e. The van der Waals surface area contributed by atoms with Crippen LogP contribution < -0.4 is 5.32 Å². The highest BCUT2D eigenvalue weighted by molar-refractivity contribution is 6.05. The minimum atomic E-state index is -0.179. The van der Waals surface area contributed by atoms with Gasteiger partial charge in [0, 0.05) is 42.5 Å². The van der Waals surface area contributed by atoms with Crippen LogP contribution in [0, 0.1) is 0 Å². The van der Waals surface area contributed by atoms with E-state index < -0.39 is 0 Å². The van der Waals surface area contributed by atoms with Crippen LogP contribution >= 0.6 is 0 Å². The SMILES string of the molecule is Cn1cc(-c2ccc(NC(=O)c3ccc4nccnc4c3)cc2)cn1. The summed E-state index contributed by atoms with van der Waals surface area (Å²) in [5.74, 6) is -0.179. The molecular weight excluding hydrogens is 314 g/mol. The van der Waals surface area contributed by atoms with Crippen LogP contribution in [0.2, 0.25) is 0 Å². The fraction of sp³-hybridized carbons (Fsp3) is 0.0526. The van der Waals surface area contributed by atoms with Crippen molar-refractivity contribution in [3.8, 4) is 11.1 Å². The number of nitrogens with zero attached hydrogens (tertiary/aromatic N) is 4. The highest BCUT2D eigenvalue weighted by Crippen LogP contribution is 2.21. The summed E-state index contributed by atoms with van der Waals surface area (Å²) in [5, 5.41) is 7.06. The number of hydrogen-bond donors (Lipinski definition) is 1. The Balaban J connectivity index is 1.53. The minimum Gasteiger partial charge on any atom is -0.322 e. The summed E-state index contributed by atoms with van der Waals surface area (Å²) in [4.78, 5) is 20.9. The molecule has 0 unspecified atom stereocenters. The first-order valence-corrected chi connectivity index (χ1v) is 7.80. The summed E-state index contributed by atoms with van der Waals surface area (Å²) >= 11 is 0. The van der Waals surface area contributed by atoms with Crippen molar-refractivity contribution in [2.45, 2.75) is 0 Å². The van der Waals surface area contributed by atoms with Gasteiger partial charge in [-0.1, -0.05) is 12.1 Å². The molecule has 2 aromatic heterocycles. The van der Waals surface area contributed by atoms with Gasteiger partial charge in [0.25, 0.3) is 5.91 Å². The Labute approximate surface area is 144 Å². The number of rotatable bonds is 3. The summed E-state index contributed by atoms with van der Waals surface area (Å²) < 4.78 is 1.76. The third-order valence-electron chi connectivity index (χ3n) is 3.91. The largest absolute Gasteiger partial charge is 0.322 e. The van der Waals surface area contributed by atoms with Gasteiger partial charge >= 0.3 is 0 Å². The van der Waals surface area contributed by atoms with E-state index in [4.69, 9.17) is 0 Å². The van der Waals surface area contributed by atoms with Gasteiger partial charge in [-0.25, -0.2) is 0 Å². The lowest BCUT2D eigenvalue weighted by Gasteiger charge is -2.07. The van der Waals surface area contributed by atoms with Crippen LogP contribution in [0.15, 0.2) is 67.3 Å². The molecule has 0 saturated heterocycles. The molecule has 2 aromatic carbocycles. The van der Waals surface area contributed by atoms with Crippen molar-refractivity contribution in [3.05, 3.63) is 72.8 Å². The quantitative estimate of drug-likeness (QED) is 0.626. The zero-order valence-corrected chi connectivity index (χ0v) is 13.5. The molecule has 6 nitrogen and oxygen atoms in total. The molecule has 6 heteroatoms. The molecule has 4 rings (SSSR count). The van der Waals surface area contributed by atoms with Gasteiger partial charge in [0.2, 0.25) is 0 Å². The summed E-state index contributed by atoms with van der Waals surface area (Å²) in [6.45, 7) is 0. The van der Waals surface area contributed by atoms with Crippen molar-refractivity contribution < 1.29 is 4.79 Å². The van der Waals surface area contributed by atoms with E-state index in [1.807, 2.05) is 43.7 Å². The molecule has 0 aliphatic carbocycles. The zero-order chi connectivity index (χ0) is 17.2. The van der Waals surface area contributed by atoms with Gasteiger partial charge in [-0.2, -0.15) is 5.10 Å². The lowest BCUT2D eigenvalue weighted by molar-refractivity contribution is 0.102. The van der Waals surface area contributed by atoms with E-state index in [1.165, 1.54) is 0 Å². The van der Waals surface area contributed by atoms with Crippen molar-refractivity contribution in [3.63, 3.8) is 0 Å². The maximum absolute atomic E-state index is 12.4. The van der Waals surface area contributed by atoms with Crippen molar-refractivity contribution >= 4 is 22.6 Å². The number of carbonyl (C=O) groups excluding carboxylic acids is 1. The molecule has 0 aliphatic rings. The second-order valence-corrected chi connectivity index (χ2v) is 5.69. The molecule has 0 bridgehead atoms. The molecule has 0 atom stereocenters. The Kier molecular flexibility index (Phi) is 3.70. The Hall–Kier alpha value is -3.54. The number of anilines is 1. The summed E-state index contributed by atoms with van der Waals surface area (Å²) in [5.41, 5.74) is 4.82. The van der Waals surface area contributed by atoms with Crippen molar-refractivity contribution in [1.29, 1.82) is 0 Å². The molecule has 2 heterocycles. The Morgan fingerprint density at radius 1 is 0.960 bits per heavy atom. The van der Waals surface area contributed by atoms with Gasteiger partial charge in [-0.15, -0.1) is 0 Å². The number of carbonyl (C=O) groups is 1. The van der Waals surface area contributed by atoms with E-state index in [2.05, 4.69) is 20.4 Å². The molecule has 0 radical (unpaired) electrons. The van der Waals surface area contributed by atoms with Crippen molar-refractivity contribution in [2.24, 2.45) is 7.05 Å². The molecule has 122 valence electrons. The van der Waals surface area contributed by atoms with Crippen molar-refractivity contribution in [2.75, 3.05) is 5.32 Å². The third-order valence-corrected chi connectivity index (χ3v) is 3.91. The molecule has 25 heavy (non-hydrogen) atoms. The summed E-state index contributed by atoms with van der Waals surface area (Å²) in [6, 6.07) is 12.9. The van der Waals surface area contributed by atoms with Gasteiger partial charge < -0.3 is 5.32 Å². The number of aryl methyl sites for hydroxylation is 1. The molecule has 0 spiro atoms. The second kappa shape index (κ2) is 6.16. The van der Waals surface area contributed by atoms with Crippen LogP contribution in [0.5, 0.6) is 0 Å². The first-order valence-electron chi connectivity index (χ1n) is 7.80. The smallest absolute Gasteiger partial charge is 0.255 e. The highest BCUT2D eigenvalue weighted by Gasteiger charge is 2.08.